The van der Waals surface area contributed by atoms with E-state index < -0.39 is 17.7 Å². The van der Waals surface area contributed by atoms with Gasteiger partial charge in [-0.3, -0.25) is 19.3 Å². The van der Waals surface area contributed by atoms with Crippen LogP contribution in [-0.2, 0) is 9.59 Å². The number of hydrogen-bond acceptors (Lipinski definition) is 4. The van der Waals surface area contributed by atoms with Crippen LogP contribution in [0.2, 0.25) is 0 Å². The fourth-order valence-electron chi connectivity index (χ4n) is 1.60. The molecule has 6 heteroatoms. The SMILES string of the molecule is O=C(O)CSCN1C(=O)C(=O)c2ccccc21. The Morgan fingerprint density at radius 1 is 1.29 bits per heavy atom. The summed E-state index contributed by atoms with van der Waals surface area (Å²) in [6, 6.07) is 6.70. The van der Waals surface area contributed by atoms with Gasteiger partial charge < -0.3 is 5.11 Å². The highest BCUT2D eigenvalue weighted by molar-refractivity contribution is 8.00. The molecule has 17 heavy (non-hydrogen) atoms. The van der Waals surface area contributed by atoms with Crippen LogP contribution >= 0.6 is 11.8 Å². The summed E-state index contributed by atoms with van der Waals surface area (Å²) >= 11 is 1.08. The van der Waals surface area contributed by atoms with E-state index >= 15 is 0 Å². The van der Waals surface area contributed by atoms with Gasteiger partial charge in [-0.1, -0.05) is 12.1 Å². The zero-order chi connectivity index (χ0) is 12.4. The van der Waals surface area contributed by atoms with Crippen LogP contribution in [0.25, 0.3) is 0 Å². The number of thioether (sulfide) groups is 1. The number of carbonyl (C=O) groups excluding carboxylic acids is 2. The molecule has 1 aromatic carbocycles. The maximum absolute atomic E-state index is 11.7. The van der Waals surface area contributed by atoms with E-state index in [4.69, 9.17) is 5.11 Å². The van der Waals surface area contributed by atoms with Gasteiger partial charge in [-0.25, -0.2) is 0 Å². The molecule has 2 rings (SSSR count). The third-order valence-corrected chi connectivity index (χ3v) is 3.22. The molecule has 5 nitrogen and oxygen atoms in total. The molecular formula is C11H9NO4S. The number of fused-ring (bicyclic) bond motifs is 1. The van der Waals surface area contributed by atoms with Crippen molar-refractivity contribution in [3.8, 4) is 0 Å². The summed E-state index contributed by atoms with van der Waals surface area (Å²) in [7, 11) is 0. The molecule has 0 unspecified atom stereocenters. The van der Waals surface area contributed by atoms with E-state index in [2.05, 4.69) is 0 Å². The molecule has 0 saturated carbocycles. The predicted octanol–water partition coefficient (Wildman–Crippen LogP) is 0.991. The van der Waals surface area contributed by atoms with Crippen LogP contribution in [0.4, 0.5) is 5.69 Å². The molecule has 1 aliphatic rings. The average molecular weight is 251 g/mol. The van der Waals surface area contributed by atoms with Crippen molar-refractivity contribution in [1.29, 1.82) is 0 Å². The second-order valence-corrected chi connectivity index (χ2v) is 4.41. The molecule has 0 aromatic heterocycles. The van der Waals surface area contributed by atoms with Gasteiger partial charge in [0.05, 0.1) is 22.9 Å². The number of carboxylic acid groups (broad SMARTS) is 1. The van der Waals surface area contributed by atoms with E-state index in [1.807, 2.05) is 0 Å². The molecular weight excluding hydrogens is 242 g/mol. The summed E-state index contributed by atoms with van der Waals surface area (Å²) < 4.78 is 0. The smallest absolute Gasteiger partial charge is 0.313 e. The zero-order valence-electron chi connectivity index (χ0n) is 8.75. The van der Waals surface area contributed by atoms with Crippen molar-refractivity contribution in [2.75, 3.05) is 16.5 Å². The second-order valence-electron chi connectivity index (χ2n) is 3.45. The first-order chi connectivity index (χ1) is 8.11. The monoisotopic (exact) mass is 251 g/mol. The van der Waals surface area contributed by atoms with E-state index in [0.29, 0.717) is 11.3 Å². The highest BCUT2D eigenvalue weighted by Gasteiger charge is 2.35. The number of rotatable bonds is 4. The molecule has 0 radical (unpaired) electrons. The minimum atomic E-state index is -0.943. The van der Waals surface area contributed by atoms with Crippen molar-refractivity contribution >= 4 is 35.1 Å². The van der Waals surface area contributed by atoms with Crippen molar-refractivity contribution in [2.24, 2.45) is 0 Å². The Balaban J connectivity index is 2.16. The number of para-hydroxylation sites is 1. The van der Waals surface area contributed by atoms with Crippen LogP contribution in [0.15, 0.2) is 24.3 Å². The number of nitrogens with zero attached hydrogens (tertiary/aromatic N) is 1. The Kier molecular flexibility index (Phi) is 3.14. The summed E-state index contributed by atoms with van der Waals surface area (Å²) in [5.41, 5.74) is 0.939. The van der Waals surface area contributed by atoms with Gasteiger partial charge in [-0.2, -0.15) is 0 Å². The summed E-state index contributed by atoms with van der Waals surface area (Å²) in [4.78, 5) is 34.9. The van der Waals surface area contributed by atoms with Crippen LogP contribution in [0.3, 0.4) is 0 Å². The first-order valence-corrected chi connectivity index (χ1v) is 6.01. The molecule has 88 valence electrons. The highest BCUT2D eigenvalue weighted by atomic mass is 32.2. The molecule has 1 heterocycles. The molecule has 0 saturated heterocycles. The number of Topliss-reactive ketones (excluding diaryl/α,β-unsaturated/α-hetero) is 1. The van der Waals surface area contributed by atoms with E-state index in [9.17, 15) is 14.4 Å². The number of amides is 1. The van der Waals surface area contributed by atoms with Crippen molar-refractivity contribution < 1.29 is 19.5 Å². The van der Waals surface area contributed by atoms with Crippen molar-refractivity contribution in [3.63, 3.8) is 0 Å². The topological polar surface area (TPSA) is 74.7 Å². The molecule has 0 aliphatic carbocycles. The Morgan fingerprint density at radius 2 is 2.00 bits per heavy atom. The third kappa shape index (κ3) is 2.16. The lowest BCUT2D eigenvalue weighted by atomic mass is 10.1. The number of carbonyl (C=O) groups is 3. The zero-order valence-corrected chi connectivity index (χ0v) is 9.57. The van der Waals surface area contributed by atoms with E-state index in [1.54, 1.807) is 24.3 Å². The van der Waals surface area contributed by atoms with Crippen LogP contribution in [0, 0.1) is 0 Å². The lowest BCUT2D eigenvalue weighted by molar-refractivity contribution is -0.133. The molecule has 0 bridgehead atoms. The third-order valence-electron chi connectivity index (χ3n) is 2.32. The van der Waals surface area contributed by atoms with Gasteiger partial charge >= 0.3 is 5.97 Å². The highest BCUT2D eigenvalue weighted by Crippen LogP contribution is 2.29. The minimum absolute atomic E-state index is 0.0971. The maximum atomic E-state index is 11.7. The summed E-state index contributed by atoms with van der Waals surface area (Å²) in [5, 5.41) is 8.51. The molecule has 1 aliphatic heterocycles. The summed E-state index contributed by atoms with van der Waals surface area (Å²) in [5.74, 6) is -1.99. The van der Waals surface area contributed by atoms with Gasteiger partial charge in [-0.05, 0) is 12.1 Å². The van der Waals surface area contributed by atoms with Gasteiger partial charge in [0.15, 0.2) is 0 Å². The Labute approximate surface area is 101 Å². The second kappa shape index (κ2) is 4.58. The average Bonchev–Trinajstić information content (AvgIpc) is 2.54. The van der Waals surface area contributed by atoms with Gasteiger partial charge in [0, 0.05) is 0 Å². The lowest BCUT2D eigenvalue weighted by Gasteiger charge is -2.14. The van der Waals surface area contributed by atoms with E-state index in [1.165, 1.54) is 4.90 Å². The maximum Gasteiger partial charge on any atom is 0.313 e. The fraction of sp³-hybridized carbons (Fsp3) is 0.182. The number of ketones is 1. The number of hydrogen-bond donors (Lipinski definition) is 1. The quantitative estimate of drug-likeness (QED) is 0.808. The minimum Gasteiger partial charge on any atom is -0.481 e. The normalized spacial score (nSPS) is 14.0. The molecule has 1 amide bonds. The number of carboxylic acids is 1. The molecule has 1 aromatic rings. The number of aliphatic carboxylic acids is 1. The van der Waals surface area contributed by atoms with Gasteiger partial charge in [0.1, 0.15) is 0 Å². The van der Waals surface area contributed by atoms with Crippen molar-refractivity contribution in [3.05, 3.63) is 29.8 Å². The van der Waals surface area contributed by atoms with E-state index in [-0.39, 0.29) is 11.6 Å². The van der Waals surface area contributed by atoms with Crippen LogP contribution < -0.4 is 4.90 Å². The van der Waals surface area contributed by atoms with Gasteiger partial charge in [-0.15, -0.1) is 11.8 Å². The molecule has 0 fully saturated rings. The Morgan fingerprint density at radius 3 is 2.71 bits per heavy atom. The standard InChI is InChI=1S/C11H9NO4S/c13-9(14)5-17-6-12-8-4-2-1-3-7(8)10(15)11(12)16/h1-4H,5-6H2,(H,13,14). The molecule has 0 spiro atoms. The number of benzene rings is 1. The fourth-order valence-corrected chi connectivity index (χ4v) is 2.31. The van der Waals surface area contributed by atoms with Crippen LogP contribution in [0.1, 0.15) is 10.4 Å². The summed E-state index contributed by atoms with van der Waals surface area (Å²) in [6.07, 6.45) is 0. The van der Waals surface area contributed by atoms with Crippen LogP contribution in [-0.4, -0.2) is 34.4 Å². The van der Waals surface area contributed by atoms with Crippen molar-refractivity contribution in [1.82, 2.24) is 0 Å². The van der Waals surface area contributed by atoms with Crippen LogP contribution in [0.5, 0.6) is 0 Å². The predicted molar refractivity (Wildman–Crippen MR) is 63.2 cm³/mol. The van der Waals surface area contributed by atoms with Gasteiger partial charge in [0.2, 0.25) is 0 Å². The van der Waals surface area contributed by atoms with Crippen molar-refractivity contribution in [2.45, 2.75) is 0 Å². The lowest BCUT2D eigenvalue weighted by Crippen LogP contribution is -2.29. The van der Waals surface area contributed by atoms with E-state index in [0.717, 1.165) is 11.8 Å². The Hall–Kier alpha value is -1.82. The summed E-state index contributed by atoms with van der Waals surface area (Å²) in [6.45, 7) is 0. The van der Waals surface area contributed by atoms with Gasteiger partial charge in [0.25, 0.3) is 11.7 Å². The first-order valence-electron chi connectivity index (χ1n) is 4.86. The number of anilines is 1. The largest absolute Gasteiger partial charge is 0.481 e. The first kappa shape index (κ1) is 11.7. The molecule has 1 N–H and O–H groups in total. The molecule has 0 atom stereocenters. The Bertz CT molecular complexity index is 500.